The number of hydrogen-bond donors (Lipinski definition) is 0. The molecule has 0 unspecified atom stereocenters. The molecule has 1 aromatic rings. The van der Waals surface area contributed by atoms with Crippen LogP contribution in [0.1, 0.15) is 17.0 Å². The van der Waals surface area contributed by atoms with E-state index in [0.29, 0.717) is 0 Å². The Hall–Kier alpha value is -0.680. The van der Waals surface area contributed by atoms with Crippen molar-refractivity contribution < 1.29 is 13.6 Å². The molecule has 0 atom stereocenters. The molecule has 0 spiro atoms. The van der Waals surface area contributed by atoms with Gasteiger partial charge in [0.25, 0.3) is 5.24 Å². The molecule has 0 saturated heterocycles. The number of carbonyl (C=O) groups is 1. The van der Waals surface area contributed by atoms with Crippen molar-refractivity contribution in [3.05, 3.63) is 16.9 Å². The predicted molar refractivity (Wildman–Crippen MR) is 38.7 cm³/mol. The van der Waals surface area contributed by atoms with E-state index in [1.165, 1.54) is 0 Å². The van der Waals surface area contributed by atoms with E-state index in [9.17, 15) is 13.6 Å². The summed E-state index contributed by atoms with van der Waals surface area (Å²) in [6.45, 7) is -2.83. The van der Waals surface area contributed by atoms with Crippen LogP contribution >= 0.6 is 23.2 Å². The molecule has 0 N–H and O–H groups in total. The lowest BCUT2D eigenvalue weighted by Crippen LogP contribution is -2.00. The third-order valence-corrected chi connectivity index (χ3v) is 1.53. The zero-order chi connectivity index (χ0) is 9.30. The van der Waals surface area contributed by atoms with Gasteiger partial charge in [-0.2, -0.15) is 13.9 Å². The van der Waals surface area contributed by atoms with E-state index in [4.69, 9.17) is 23.2 Å². The Morgan fingerprint density at radius 3 is 2.50 bits per heavy atom. The van der Waals surface area contributed by atoms with E-state index in [2.05, 4.69) is 5.10 Å². The van der Waals surface area contributed by atoms with E-state index in [1.807, 2.05) is 0 Å². The summed E-state index contributed by atoms with van der Waals surface area (Å²) in [5, 5.41) is 2.02. The fourth-order valence-corrected chi connectivity index (χ4v) is 1.01. The maximum absolute atomic E-state index is 11.9. The largest absolute Gasteiger partial charge is 0.333 e. The molecule has 3 nitrogen and oxygen atoms in total. The van der Waals surface area contributed by atoms with Crippen LogP contribution in [0.3, 0.4) is 0 Å². The Bertz CT molecular complexity index is 312. The fraction of sp³-hybridized carbons (Fsp3) is 0.200. The minimum absolute atomic E-state index is 0.185. The van der Waals surface area contributed by atoms with Crippen molar-refractivity contribution in [2.24, 2.45) is 0 Å². The summed E-state index contributed by atoms with van der Waals surface area (Å²) < 4.78 is 24.1. The average molecular weight is 215 g/mol. The van der Waals surface area contributed by atoms with Crippen LogP contribution in [-0.4, -0.2) is 15.0 Å². The van der Waals surface area contributed by atoms with Crippen LogP contribution in [0.2, 0.25) is 5.02 Å². The molecule has 1 rings (SSSR count). The van der Waals surface area contributed by atoms with Gasteiger partial charge in [0.2, 0.25) is 0 Å². The predicted octanol–water partition coefficient (Wildman–Crippen LogP) is 2.31. The first kappa shape index (κ1) is 9.41. The molecule has 0 radical (unpaired) electrons. The first-order valence-electron chi connectivity index (χ1n) is 2.75. The maximum atomic E-state index is 11.9. The number of aromatic nitrogens is 2. The Labute approximate surface area is 75.9 Å². The first-order chi connectivity index (χ1) is 5.52. The molecular formula is C5H2Cl2F2N2O. The third-order valence-electron chi connectivity index (χ3n) is 1.07. The molecule has 0 amide bonds. The maximum Gasteiger partial charge on any atom is 0.333 e. The third kappa shape index (κ3) is 1.73. The van der Waals surface area contributed by atoms with Gasteiger partial charge < -0.3 is 0 Å². The van der Waals surface area contributed by atoms with Crippen molar-refractivity contribution in [3.8, 4) is 0 Å². The van der Waals surface area contributed by atoms with Crippen molar-refractivity contribution in [3.63, 3.8) is 0 Å². The van der Waals surface area contributed by atoms with Crippen molar-refractivity contribution in [2.45, 2.75) is 6.55 Å². The van der Waals surface area contributed by atoms with Crippen LogP contribution in [0.25, 0.3) is 0 Å². The minimum Gasteiger partial charge on any atom is -0.274 e. The van der Waals surface area contributed by atoms with Gasteiger partial charge >= 0.3 is 6.55 Å². The summed E-state index contributed by atoms with van der Waals surface area (Å²) in [6.07, 6.45) is 0.835. The first-order valence-corrected chi connectivity index (χ1v) is 3.50. The summed E-state index contributed by atoms with van der Waals surface area (Å²) in [6, 6.07) is 0. The van der Waals surface area contributed by atoms with Crippen molar-refractivity contribution in [1.29, 1.82) is 0 Å². The highest BCUT2D eigenvalue weighted by Crippen LogP contribution is 2.19. The molecule has 66 valence electrons. The van der Waals surface area contributed by atoms with Crippen LogP contribution in [0.15, 0.2) is 6.20 Å². The number of nitrogens with zero attached hydrogens (tertiary/aromatic N) is 2. The lowest BCUT2D eigenvalue weighted by Gasteiger charge is -1.94. The SMILES string of the molecule is O=C(Cl)c1nn(C(F)F)cc1Cl. The number of rotatable bonds is 2. The normalized spacial score (nSPS) is 10.8. The van der Waals surface area contributed by atoms with Crippen LogP contribution in [0.4, 0.5) is 8.78 Å². The van der Waals surface area contributed by atoms with Crippen LogP contribution < -0.4 is 0 Å². The standard InChI is InChI=1S/C5H2Cl2F2N2O/c6-2-1-11(5(8)9)10-3(2)4(7)12/h1,5H. The number of hydrogen-bond acceptors (Lipinski definition) is 2. The van der Waals surface area contributed by atoms with Crippen molar-refractivity contribution in [1.82, 2.24) is 9.78 Å². The second kappa shape index (κ2) is 3.37. The monoisotopic (exact) mass is 214 g/mol. The summed E-state index contributed by atoms with van der Waals surface area (Å²) in [4.78, 5) is 10.5. The fourth-order valence-electron chi connectivity index (χ4n) is 0.603. The summed E-state index contributed by atoms with van der Waals surface area (Å²) in [5.74, 6) is 0. The number of alkyl halides is 2. The van der Waals surface area contributed by atoms with Crippen molar-refractivity contribution >= 4 is 28.4 Å². The zero-order valence-electron chi connectivity index (χ0n) is 5.47. The van der Waals surface area contributed by atoms with Crippen LogP contribution in [-0.2, 0) is 0 Å². The van der Waals surface area contributed by atoms with Gasteiger partial charge in [-0.15, -0.1) is 0 Å². The average Bonchev–Trinajstić information content (AvgIpc) is 2.30. The lowest BCUT2D eigenvalue weighted by molar-refractivity contribution is 0.0562. The minimum atomic E-state index is -2.83. The van der Waals surface area contributed by atoms with Crippen LogP contribution in [0.5, 0.6) is 0 Å². The van der Waals surface area contributed by atoms with E-state index in [-0.39, 0.29) is 15.4 Å². The Kier molecular flexibility index (Phi) is 2.64. The molecule has 0 aliphatic carbocycles. The highest BCUT2D eigenvalue weighted by molar-refractivity contribution is 6.68. The lowest BCUT2D eigenvalue weighted by atomic mass is 10.5. The highest BCUT2D eigenvalue weighted by Gasteiger charge is 2.16. The molecule has 0 saturated carbocycles. The van der Waals surface area contributed by atoms with Gasteiger partial charge in [-0.05, 0) is 11.6 Å². The van der Waals surface area contributed by atoms with Gasteiger partial charge in [0, 0.05) is 0 Å². The highest BCUT2D eigenvalue weighted by atomic mass is 35.5. The molecule has 1 aromatic heterocycles. The summed E-state index contributed by atoms with van der Waals surface area (Å²) in [7, 11) is 0. The molecule has 12 heavy (non-hydrogen) atoms. The van der Waals surface area contributed by atoms with Gasteiger partial charge in [0.15, 0.2) is 5.69 Å². The molecule has 0 aliphatic heterocycles. The second-order valence-electron chi connectivity index (χ2n) is 1.86. The van der Waals surface area contributed by atoms with Crippen molar-refractivity contribution in [2.75, 3.05) is 0 Å². The number of halogens is 4. The van der Waals surface area contributed by atoms with E-state index in [0.717, 1.165) is 6.20 Å². The Balaban J connectivity index is 3.09. The van der Waals surface area contributed by atoms with Gasteiger partial charge in [0.1, 0.15) is 0 Å². The van der Waals surface area contributed by atoms with E-state index < -0.39 is 11.8 Å². The Morgan fingerprint density at radius 2 is 2.25 bits per heavy atom. The molecule has 0 fully saturated rings. The topological polar surface area (TPSA) is 34.9 Å². The van der Waals surface area contributed by atoms with Gasteiger partial charge in [-0.3, -0.25) is 4.79 Å². The van der Waals surface area contributed by atoms with Crippen LogP contribution in [0, 0.1) is 0 Å². The molecule has 0 bridgehead atoms. The summed E-state index contributed by atoms with van der Waals surface area (Å²) >= 11 is 10.3. The van der Waals surface area contributed by atoms with Gasteiger partial charge in [-0.1, -0.05) is 11.6 Å². The molecule has 0 aliphatic rings. The summed E-state index contributed by atoms with van der Waals surface area (Å²) in [5.41, 5.74) is -0.362. The van der Waals surface area contributed by atoms with Gasteiger partial charge in [0.05, 0.1) is 11.2 Å². The molecular weight excluding hydrogens is 213 g/mol. The Morgan fingerprint density at radius 1 is 1.67 bits per heavy atom. The second-order valence-corrected chi connectivity index (χ2v) is 2.61. The number of carbonyl (C=O) groups excluding carboxylic acids is 1. The molecule has 1 heterocycles. The van der Waals surface area contributed by atoms with E-state index in [1.54, 1.807) is 0 Å². The smallest absolute Gasteiger partial charge is 0.274 e. The zero-order valence-corrected chi connectivity index (χ0v) is 6.98. The van der Waals surface area contributed by atoms with Gasteiger partial charge in [-0.25, -0.2) is 4.68 Å². The molecule has 0 aromatic carbocycles. The molecule has 7 heteroatoms. The van der Waals surface area contributed by atoms with E-state index >= 15 is 0 Å². The quantitative estimate of drug-likeness (QED) is 0.709.